The Morgan fingerprint density at radius 2 is 1.85 bits per heavy atom. The number of hydrogen-bond donors (Lipinski definition) is 2. The highest BCUT2D eigenvalue weighted by Gasteiger charge is 2.21. The minimum Gasteiger partial charge on any atom is -0.350 e. The van der Waals surface area contributed by atoms with E-state index in [9.17, 15) is 14.0 Å². The van der Waals surface area contributed by atoms with Crippen LogP contribution >= 0.6 is 23.4 Å². The van der Waals surface area contributed by atoms with E-state index < -0.39 is 11.9 Å². The van der Waals surface area contributed by atoms with Crippen LogP contribution in [-0.4, -0.2) is 29.9 Å². The van der Waals surface area contributed by atoms with Gasteiger partial charge >= 0.3 is 0 Å². The summed E-state index contributed by atoms with van der Waals surface area (Å²) in [5.41, 5.74) is 1.11. The number of amides is 2. The Kier molecular flexibility index (Phi) is 7.94. The monoisotopic (exact) mass is 394 g/mol. The molecule has 0 aliphatic carbocycles. The highest BCUT2D eigenvalue weighted by Crippen LogP contribution is 2.15. The quantitative estimate of drug-likeness (QED) is 0.718. The van der Waals surface area contributed by atoms with E-state index in [2.05, 4.69) is 10.6 Å². The Balaban J connectivity index is 2.00. The number of hydrogen-bond acceptors (Lipinski definition) is 3. The lowest BCUT2D eigenvalue weighted by atomic mass is 10.1. The van der Waals surface area contributed by atoms with Gasteiger partial charge in [-0.1, -0.05) is 35.9 Å². The van der Waals surface area contributed by atoms with E-state index in [1.165, 1.54) is 12.1 Å². The highest BCUT2D eigenvalue weighted by atomic mass is 35.5. The SMILES string of the molecule is CSCC[C@H](NC(=O)c1ccccc1Cl)C(=O)NCc1ccc(F)cc1. The van der Waals surface area contributed by atoms with Crippen molar-refractivity contribution in [2.24, 2.45) is 0 Å². The molecule has 1 atom stereocenters. The summed E-state index contributed by atoms with van der Waals surface area (Å²) in [4.78, 5) is 24.9. The van der Waals surface area contributed by atoms with Gasteiger partial charge in [-0.25, -0.2) is 4.39 Å². The van der Waals surface area contributed by atoms with Crippen molar-refractivity contribution in [3.05, 3.63) is 70.5 Å². The summed E-state index contributed by atoms with van der Waals surface area (Å²) < 4.78 is 12.9. The molecule has 0 unspecified atom stereocenters. The molecule has 0 spiro atoms. The Labute approximate surface area is 161 Å². The molecule has 0 saturated heterocycles. The van der Waals surface area contributed by atoms with E-state index in [1.54, 1.807) is 48.2 Å². The Morgan fingerprint density at radius 3 is 2.50 bits per heavy atom. The van der Waals surface area contributed by atoms with Gasteiger partial charge in [-0.15, -0.1) is 0 Å². The van der Waals surface area contributed by atoms with Gasteiger partial charge in [0.25, 0.3) is 5.91 Å². The molecule has 0 aromatic heterocycles. The first-order valence-corrected chi connectivity index (χ1v) is 9.85. The van der Waals surface area contributed by atoms with E-state index in [4.69, 9.17) is 11.6 Å². The fraction of sp³-hybridized carbons (Fsp3) is 0.263. The summed E-state index contributed by atoms with van der Waals surface area (Å²) >= 11 is 7.63. The normalized spacial score (nSPS) is 11.7. The van der Waals surface area contributed by atoms with Gasteiger partial charge < -0.3 is 10.6 Å². The zero-order chi connectivity index (χ0) is 18.9. The average Bonchev–Trinajstić information content (AvgIpc) is 2.64. The smallest absolute Gasteiger partial charge is 0.253 e. The van der Waals surface area contributed by atoms with Gasteiger partial charge in [0, 0.05) is 6.54 Å². The van der Waals surface area contributed by atoms with Crippen LogP contribution in [0.1, 0.15) is 22.3 Å². The lowest BCUT2D eigenvalue weighted by Crippen LogP contribution is -2.47. The number of thioether (sulfide) groups is 1. The van der Waals surface area contributed by atoms with Gasteiger partial charge in [0.2, 0.25) is 5.91 Å². The van der Waals surface area contributed by atoms with Gasteiger partial charge in [0.1, 0.15) is 11.9 Å². The molecule has 0 heterocycles. The fourth-order valence-electron chi connectivity index (χ4n) is 2.30. The van der Waals surface area contributed by atoms with Crippen molar-refractivity contribution in [2.75, 3.05) is 12.0 Å². The Morgan fingerprint density at radius 1 is 1.15 bits per heavy atom. The van der Waals surface area contributed by atoms with Gasteiger partial charge in [0.05, 0.1) is 10.6 Å². The number of rotatable bonds is 8. The van der Waals surface area contributed by atoms with Crippen molar-refractivity contribution in [3.8, 4) is 0 Å². The maximum atomic E-state index is 12.9. The summed E-state index contributed by atoms with van der Waals surface area (Å²) in [5, 5.41) is 5.86. The number of nitrogens with one attached hydrogen (secondary N) is 2. The van der Waals surface area contributed by atoms with Crippen LogP contribution in [0.4, 0.5) is 4.39 Å². The molecule has 2 N–H and O–H groups in total. The Bertz CT molecular complexity index is 755. The summed E-state index contributed by atoms with van der Waals surface area (Å²) in [6.45, 7) is 0.261. The molecule has 2 rings (SSSR count). The van der Waals surface area contributed by atoms with Crippen LogP contribution in [0.2, 0.25) is 5.02 Å². The lowest BCUT2D eigenvalue weighted by Gasteiger charge is -2.18. The Hall–Kier alpha value is -2.05. The topological polar surface area (TPSA) is 58.2 Å². The predicted octanol–water partition coefficient (Wildman–Crippen LogP) is 3.65. The van der Waals surface area contributed by atoms with E-state index in [0.717, 1.165) is 11.3 Å². The maximum absolute atomic E-state index is 12.9. The lowest BCUT2D eigenvalue weighted by molar-refractivity contribution is -0.123. The second-order valence-electron chi connectivity index (χ2n) is 5.63. The standard InChI is InChI=1S/C19H20ClFN2O2S/c1-26-11-10-17(23-18(24)15-4-2-3-5-16(15)20)19(25)22-12-13-6-8-14(21)9-7-13/h2-9,17H,10-12H2,1H3,(H,22,25)(H,23,24)/t17-/m0/s1. The molecule has 138 valence electrons. The second kappa shape index (κ2) is 10.2. The van der Waals surface area contributed by atoms with Crippen molar-refractivity contribution < 1.29 is 14.0 Å². The van der Waals surface area contributed by atoms with Gasteiger partial charge in [-0.05, 0) is 48.3 Å². The first kappa shape index (κ1) is 20.3. The van der Waals surface area contributed by atoms with Crippen molar-refractivity contribution >= 4 is 35.2 Å². The average molecular weight is 395 g/mol. The molecule has 0 aliphatic rings. The molecule has 0 bridgehead atoms. The zero-order valence-corrected chi connectivity index (χ0v) is 15.9. The van der Waals surface area contributed by atoms with E-state index in [1.807, 2.05) is 6.26 Å². The van der Waals surface area contributed by atoms with Crippen LogP contribution < -0.4 is 10.6 Å². The second-order valence-corrected chi connectivity index (χ2v) is 7.02. The molecule has 0 radical (unpaired) electrons. The van der Waals surface area contributed by atoms with Crippen LogP contribution in [0, 0.1) is 5.82 Å². The van der Waals surface area contributed by atoms with Crippen molar-refractivity contribution in [2.45, 2.75) is 19.0 Å². The third kappa shape index (κ3) is 6.04. The molecular formula is C19H20ClFN2O2S. The van der Waals surface area contributed by atoms with E-state index in [0.29, 0.717) is 17.0 Å². The largest absolute Gasteiger partial charge is 0.350 e. The highest BCUT2D eigenvalue weighted by molar-refractivity contribution is 7.98. The zero-order valence-electron chi connectivity index (χ0n) is 14.3. The van der Waals surface area contributed by atoms with Crippen LogP contribution in [0.15, 0.2) is 48.5 Å². The number of halogens is 2. The third-order valence-electron chi connectivity index (χ3n) is 3.73. The van der Waals surface area contributed by atoms with Crippen molar-refractivity contribution in [1.29, 1.82) is 0 Å². The third-order valence-corrected chi connectivity index (χ3v) is 4.70. The van der Waals surface area contributed by atoms with Crippen molar-refractivity contribution in [3.63, 3.8) is 0 Å². The van der Waals surface area contributed by atoms with Crippen molar-refractivity contribution in [1.82, 2.24) is 10.6 Å². The molecule has 2 aromatic rings. The number of carbonyl (C=O) groups excluding carboxylic acids is 2. The molecule has 2 amide bonds. The molecule has 2 aromatic carbocycles. The van der Waals surface area contributed by atoms with Gasteiger partial charge in [-0.2, -0.15) is 11.8 Å². The van der Waals surface area contributed by atoms with Gasteiger partial charge in [-0.3, -0.25) is 9.59 Å². The predicted molar refractivity (Wildman–Crippen MR) is 104 cm³/mol. The van der Waals surface area contributed by atoms with E-state index >= 15 is 0 Å². The molecule has 0 aliphatic heterocycles. The first-order valence-electron chi connectivity index (χ1n) is 8.07. The summed E-state index contributed by atoms with van der Waals surface area (Å²) in [6.07, 6.45) is 2.43. The van der Waals surface area contributed by atoms with Crippen LogP contribution in [-0.2, 0) is 11.3 Å². The van der Waals surface area contributed by atoms with Crippen LogP contribution in [0.25, 0.3) is 0 Å². The minimum atomic E-state index is -0.674. The van der Waals surface area contributed by atoms with Crippen LogP contribution in [0.3, 0.4) is 0 Å². The molecule has 7 heteroatoms. The molecular weight excluding hydrogens is 375 g/mol. The minimum absolute atomic E-state index is 0.261. The van der Waals surface area contributed by atoms with Crippen LogP contribution in [0.5, 0.6) is 0 Å². The molecule has 4 nitrogen and oxygen atoms in total. The summed E-state index contributed by atoms with van der Waals surface area (Å²) in [6, 6.07) is 11.9. The van der Waals surface area contributed by atoms with E-state index in [-0.39, 0.29) is 18.3 Å². The fourth-order valence-corrected chi connectivity index (χ4v) is 2.99. The first-order chi connectivity index (χ1) is 12.5. The summed E-state index contributed by atoms with van der Waals surface area (Å²) in [7, 11) is 0. The number of benzene rings is 2. The molecule has 0 saturated carbocycles. The summed E-state index contributed by atoms with van der Waals surface area (Å²) in [5.74, 6) is -0.287. The molecule has 26 heavy (non-hydrogen) atoms. The molecule has 0 fully saturated rings. The van der Waals surface area contributed by atoms with Gasteiger partial charge in [0.15, 0.2) is 0 Å². The number of carbonyl (C=O) groups is 2. The maximum Gasteiger partial charge on any atom is 0.253 e.